The molecule has 1 aromatic rings. The Kier molecular flexibility index (Phi) is 5.46. The van der Waals surface area contributed by atoms with E-state index in [4.69, 9.17) is 11.5 Å². The summed E-state index contributed by atoms with van der Waals surface area (Å²) in [6.07, 6.45) is 0. The fourth-order valence-corrected chi connectivity index (χ4v) is 3.91. The van der Waals surface area contributed by atoms with Crippen molar-refractivity contribution in [3.05, 3.63) is 39.1 Å². The molecule has 0 amide bonds. The topological polar surface area (TPSA) is 106 Å². The first-order valence-corrected chi connectivity index (χ1v) is 8.40. The van der Waals surface area contributed by atoms with Gasteiger partial charge in [-0.15, -0.1) is 23.5 Å². The Bertz CT molecular complexity index is 614. The fraction of sp³-hybridized carbons (Fsp3) is 0.286. The van der Waals surface area contributed by atoms with Crippen LogP contribution < -0.4 is 11.5 Å². The Morgan fingerprint density at radius 3 is 2.10 bits per heavy atom. The van der Waals surface area contributed by atoms with E-state index in [0.29, 0.717) is 34.4 Å². The second-order valence-electron chi connectivity index (χ2n) is 4.29. The van der Waals surface area contributed by atoms with Crippen molar-refractivity contribution in [3.63, 3.8) is 0 Å². The molecule has 0 unspecified atom stereocenters. The fourth-order valence-electron chi connectivity index (χ4n) is 1.99. The Morgan fingerprint density at radius 1 is 0.952 bits per heavy atom. The van der Waals surface area contributed by atoms with Crippen molar-refractivity contribution in [2.75, 3.05) is 24.6 Å². The first-order chi connectivity index (χ1) is 10.1. The van der Waals surface area contributed by atoms with Crippen LogP contribution in [0.5, 0.6) is 5.75 Å². The summed E-state index contributed by atoms with van der Waals surface area (Å²) in [4.78, 5) is 25.9. The maximum absolute atomic E-state index is 12.6. The Hall–Kier alpha value is -1.28. The van der Waals surface area contributed by atoms with Gasteiger partial charge in [0, 0.05) is 30.2 Å². The molecule has 0 bridgehead atoms. The molecule has 0 saturated heterocycles. The van der Waals surface area contributed by atoms with Crippen LogP contribution >= 0.6 is 23.5 Å². The van der Waals surface area contributed by atoms with Crippen molar-refractivity contribution >= 4 is 35.1 Å². The number of phenolic OH excluding ortho intramolecular Hbond substituents is 1. The average Bonchev–Trinajstić information content (AvgIpc) is 2.48. The van der Waals surface area contributed by atoms with Gasteiger partial charge in [-0.3, -0.25) is 9.59 Å². The zero-order chi connectivity index (χ0) is 15.4. The van der Waals surface area contributed by atoms with Crippen LogP contribution in [0.3, 0.4) is 0 Å². The number of carbonyl (C=O) groups is 2. The monoisotopic (exact) mass is 324 g/mol. The highest BCUT2D eigenvalue weighted by molar-refractivity contribution is 8.08. The second kappa shape index (κ2) is 7.13. The van der Waals surface area contributed by atoms with E-state index in [9.17, 15) is 14.7 Å². The van der Waals surface area contributed by atoms with E-state index in [-0.39, 0.29) is 28.4 Å². The number of carbonyl (C=O) groups excluding carboxylic acids is 2. The number of aromatic hydroxyl groups is 1. The molecule has 5 nitrogen and oxygen atoms in total. The number of phenols is 1. The highest BCUT2D eigenvalue weighted by Crippen LogP contribution is 2.40. The van der Waals surface area contributed by atoms with Gasteiger partial charge in [0.1, 0.15) is 5.75 Å². The number of nitrogens with two attached hydrogens (primary N) is 2. The van der Waals surface area contributed by atoms with E-state index in [2.05, 4.69) is 0 Å². The lowest BCUT2D eigenvalue weighted by atomic mass is 9.93. The molecular formula is C14H16N2O3S2. The molecule has 5 N–H and O–H groups in total. The summed E-state index contributed by atoms with van der Waals surface area (Å²) < 4.78 is 0. The standard InChI is InChI=1S/C14H16N2O3S2/c15-4-6-20-13-11(18)8-2-1-3-9(17)10(8)12(19)14(13)21-7-5-16/h1-3,17H,4-7,15-16H2. The number of hydrogen-bond acceptors (Lipinski definition) is 7. The molecule has 1 aromatic carbocycles. The first kappa shape index (κ1) is 16.1. The molecule has 2 rings (SSSR count). The van der Waals surface area contributed by atoms with E-state index in [1.54, 1.807) is 12.1 Å². The van der Waals surface area contributed by atoms with E-state index >= 15 is 0 Å². The molecule has 21 heavy (non-hydrogen) atoms. The average molecular weight is 324 g/mol. The largest absolute Gasteiger partial charge is 0.507 e. The molecule has 0 radical (unpaired) electrons. The molecule has 1 aliphatic rings. The number of ketones is 2. The summed E-state index contributed by atoms with van der Waals surface area (Å²) >= 11 is 2.53. The number of rotatable bonds is 6. The summed E-state index contributed by atoms with van der Waals surface area (Å²) in [6.45, 7) is 0.815. The van der Waals surface area contributed by atoms with Gasteiger partial charge in [-0.2, -0.15) is 0 Å². The summed E-state index contributed by atoms with van der Waals surface area (Å²) in [7, 11) is 0. The highest BCUT2D eigenvalue weighted by Gasteiger charge is 2.34. The molecule has 0 atom stereocenters. The van der Waals surface area contributed by atoms with Crippen molar-refractivity contribution in [1.82, 2.24) is 0 Å². The molecule has 7 heteroatoms. The van der Waals surface area contributed by atoms with Gasteiger partial charge in [-0.1, -0.05) is 6.07 Å². The number of Topliss-reactive ketones (excluding diaryl/α,β-unsaturated/α-hetero) is 2. The van der Waals surface area contributed by atoms with Gasteiger partial charge < -0.3 is 16.6 Å². The Morgan fingerprint density at radius 2 is 1.52 bits per heavy atom. The van der Waals surface area contributed by atoms with Crippen molar-refractivity contribution in [2.45, 2.75) is 0 Å². The zero-order valence-electron chi connectivity index (χ0n) is 11.3. The van der Waals surface area contributed by atoms with Gasteiger partial charge in [0.25, 0.3) is 0 Å². The molecule has 0 saturated carbocycles. The lowest BCUT2D eigenvalue weighted by Crippen LogP contribution is -2.21. The summed E-state index contributed by atoms with van der Waals surface area (Å²) in [6, 6.07) is 4.53. The maximum atomic E-state index is 12.6. The van der Waals surface area contributed by atoms with Gasteiger partial charge in [0.15, 0.2) is 0 Å². The lowest BCUT2D eigenvalue weighted by Gasteiger charge is -2.20. The van der Waals surface area contributed by atoms with Gasteiger partial charge in [0.2, 0.25) is 11.6 Å². The number of fused-ring (bicyclic) bond motifs is 1. The molecule has 0 spiro atoms. The van der Waals surface area contributed by atoms with Crippen LogP contribution in [0.4, 0.5) is 0 Å². The third kappa shape index (κ3) is 3.16. The first-order valence-electron chi connectivity index (χ1n) is 6.43. The number of allylic oxidation sites excluding steroid dienone is 2. The van der Waals surface area contributed by atoms with Gasteiger partial charge in [-0.25, -0.2) is 0 Å². The predicted octanol–water partition coefficient (Wildman–Crippen LogP) is 1.37. The van der Waals surface area contributed by atoms with Crippen LogP contribution in [0.2, 0.25) is 0 Å². The molecule has 112 valence electrons. The minimum atomic E-state index is -0.319. The van der Waals surface area contributed by atoms with Crippen LogP contribution in [-0.2, 0) is 0 Å². The van der Waals surface area contributed by atoms with Crippen molar-refractivity contribution in [2.24, 2.45) is 11.5 Å². The number of benzene rings is 1. The minimum Gasteiger partial charge on any atom is -0.507 e. The van der Waals surface area contributed by atoms with E-state index in [1.807, 2.05) is 0 Å². The van der Waals surface area contributed by atoms with Crippen molar-refractivity contribution in [3.8, 4) is 5.75 Å². The zero-order valence-corrected chi connectivity index (χ0v) is 12.9. The summed E-state index contributed by atoms with van der Waals surface area (Å²) in [5, 5.41) is 9.89. The van der Waals surface area contributed by atoms with Crippen LogP contribution in [0.1, 0.15) is 20.7 Å². The quantitative estimate of drug-likeness (QED) is 0.725. The van der Waals surface area contributed by atoms with E-state index < -0.39 is 0 Å². The summed E-state index contributed by atoms with van der Waals surface area (Å²) in [5.41, 5.74) is 11.3. The second-order valence-corrected chi connectivity index (χ2v) is 6.50. The van der Waals surface area contributed by atoms with E-state index in [1.165, 1.54) is 29.6 Å². The summed E-state index contributed by atoms with van der Waals surface area (Å²) in [5.74, 6) is 0.359. The van der Waals surface area contributed by atoms with Gasteiger partial charge in [-0.05, 0) is 12.1 Å². The lowest BCUT2D eigenvalue weighted by molar-refractivity contribution is 0.0986. The van der Waals surface area contributed by atoms with Crippen LogP contribution in [0, 0.1) is 0 Å². The molecule has 0 aromatic heterocycles. The van der Waals surface area contributed by atoms with Gasteiger partial charge in [0.05, 0.1) is 15.4 Å². The molecule has 0 aliphatic heterocycles. The highest BCUT2D eigenvalue weighted by atomic mass is 32.2. The Labute approximate surface area is 131 Å². The third-order valence-electron chi connectivity index (χ3n) is 2.86. The van der Waals surface area contributed by atoms with Crippen LogP contribution in [0.25, 0.3) is 0 Å². The predicted molar refractivity (Wildman–Crippen MR) is 86.8 cm³/mol. The number of hydrogen-bond donors (Lipinski definition) is 3. The van der Waals surface area contributed by atoms with Crippen molar-refractivity contribution in [1.29, 1.82) is 0 Å². The van der Waals surface area contributed by atoms with E-state index in [0.717, 1.165) is 0 Å². The third-order valence-corrected chi connectivity index (χ3v) is 5.23. The van der Waals surface area contributed by atoms with Crippen LogP contribution in [0.15, 0.2) is 28.0 Å². The van der Waals surface area contributed by atoms with Crippen molar-refractivity contribution < 1.29 is 14.7 Å². The Balaban J connectivity index is 2.50. The molecule has 0 fully saturated rings. The number of thioether (sulfide) groups is 2. The molecular weight excluding hydrogens is 308 g/mol. The smallest absolute Gasteiger partial charge is 0.205 e. The molecule has 0 heterocycles. The SMILES string of the molecule is NCCSC1=C(SCCN)C(=O)c2c(O)cccc2C1=O. The van der Waals surface area contributed by atoms with Gasteiger partial charge >= 0.3 is 0 Å². The molecule has 1 aliphatic carbocycles. The maximum Gasteiger partial charge on any atom is 0.205 e. The van der Waals surface area contributed by atoms with Crippen LogP contribution in [-0.4, -0.2) is 41.3 Å². The normalized spacial score (nSPS) is 14.6. The minimum absolute atomic E-state index is 0.0825.